The van der Waals surface area contributed by atoms with Crippen LogP contribution in [0.2, 0.25) is 5.02 Å². The minimum absolute atomic E-state index is 0.0141. The Morgan fingerprint density at radius 1 is 1.39 bits per heavy atom. The summed E-state index contributed by atoms with van der Waals surface area (Å²) in [6, 6.07) is 3.79. The van der Waals surface area contributed by atoms with E-state index in [9.17, 15) is 19.7 Å². The summed E-state index contributed by atoms with van der Waals surface area (Å²) in [5.41, 5.74) is -0.356. The van der Waals surface area contributed by atoms with Gasteiger partial charge in [-0.25, -0.2) is 0 Å². The summed E-state index contributed by atoms with van der Waals surface area (Å²) in [5, 5.41) is 21.6. The van der Waals surface area contributed by atoms with Gasteiger partial charge in [0.05, 0.1) is 11.3 Å². The molecule has 1 aromatic carbocycles. The number of nitrogens with zero attached hydrogens (tertiary/aromatic N) is 1. The maximum atomic E-state index is 11.3. The maximum Gasteiger partial charge on any atom is 0.303 e. The fraction of sp³-hybridized carbons (Fsp3) is 0.200. The molecule has 0 saturated carbocycles. The van der Waals surface area contributed by atoms with Crippen LogP contribution in [0.15, 0.2) is 18.2 Å². The van der Waals surface area contributed by atoms with Crippen molar-refractivity contribution in [3.63, 3.8) is 0 Å². The van der Waals surface area contributed by atoms with Crippen LogP contribution in [0.4, 0.5) is 11.4 Å². The summed E-state index contributed by atoms with van der Waals surface area (Å²) >= 11 is 5.61. The van der Waals surface area contributed by atoms with Gasteiger partial charge >= 0.3 is 5.97 Å². The molecule has 1 aromatic rings. The van der Waals surface area contributed by atoms with E-state index < -0.39 is 16.8 Å². The van der Waals surface area contributed by atoms with E-state index in [1.54, 1.807) is 0 Å². The lowest BCUT2D eigenvalue weighted by molar-refractivity contribution is -0.383. The molecule has 96 valence electrons. The Morgan fingerprint density at radius 2 is 2.06 bits per heavy atom. The highest BCUT2D eigenvalue weighted by atomic mass is 35.5. The third kappa shape index (κ3) is 4.02. The first-order valence-corrected chi connectivity index (χ1v) is 5.23. The number of anilines is 1. The van der Waals surface area contributed by atoms with Gasteiger partial charge < -0.3 is 10.4 Å². The summed E-state index contributed by atoms with van der Waals surface area (Å²) in [4.78, 5) is 31.7. The number of carbonyl (C=O) groups is 2. The van der Waals surface area contributed by atoms with Crippen molar-refractivity contribution in [1.29, 1.82) is 0 Å². The van der Waals surface area contributed by atoms with Crippen LogP contribution < -0.4 is 5.32 Å². The molecule has 0 fully saturated rings. The van der Waals surface area contributed by atoms with Crippen LogP contribution in [0.25, 0.3) is 0 Å². The topological polar surface area (TPSA) is 110 Å². The number of benzene rings is 1. The molecule has 0 aromatic heterocycles. The van der Waals surface area contributed by atoms with Gasteiger partial charge in [0.25, 0.3) is 5.69 Å². The molecule has 0 saturated heterocycles. The number of nitro benzene ring substituents is 1. The number of amides is 1. The van der Waals surface area contributed by atoms with Gasteiger partial charge in [-0.2, -0.15) is 0 Å². The fourth-order valence-electron chi connectivity index (χ4n) is 1.19. The van der Waals surface area contributed by atoms with Crippen molar-refractivity contribution in [2.45, 2.75) is 12.8 Å². The van der Waals surface area contributed by atoms with Crippen LogP contribution in [0.3, 0.4) is 0 Å². The fourth-order valence-corrected chi connectivity index (χ4v) is 1.36. The monoisotopic (exact) mass is 272 g/mol. The molecule has 0 aliphatic carbocycles. The molecule has 0 spiro atoms. The number of halogens is 1. The minimum atomic E-state index is -1.12. The van der Waals surface area contributed by atoms with E-state index in [1.165, 1.54) is 12.1 Å². The average molecular weight is 273 g/mol. The van der Waals surface area contributed by atoms with Crippen LogP contribution in [0.1, 0.15) is 12.8 Å². The standard InChI is InChI=1S/C10H9ClN2O5/c11-6-1-2-7(8(5-6)13(17)18)12-9(14)3-4-10(15)16/h1-2,5H,3-4H2,(H,12,14)(H,15,16). The first-order chi connectivity index (χ1) is 8.40. The normalized spacial score (nSPS) is 9.83. The first kappa shape index (κ1) is 13.9. The number of carboxylic acid groups (broad SMARTS) is 1. The lowest BCUT2D eigenvalue weighted by atomic mass is 10.2. The van der Waals surface area contributed by atoms with Crippen molar-refractivity contribution in [2.24, 2.45) is 0 Å². The van der Waals surface area contributed by atoms with Gasteiger partial charge in [-0.05, 0) is 12.1 Å². The molecule has 1 amide bonds. The molecule has 0 atom stereocenters. The zero-order valence-electron chi connectivity index (χ0n) is 9.05. The third-order valence-corrected chi connectivity index (χ3v) is 2.23. The first-order valence-electron chi connectivity index (χ1n) is 4.85. The van der Waals surface area contributed by atoms with Crippen molar-refractivity contribution < 1.29 is 19.6 Å². The van der Waals surface area contributed by atoms with E-state index in [2.05, 4.69) is 5.32 Å². The molecular formula is C10H9ClN2O5. The number of hydrogen-bond acceptors (Lipinski definition) is 4. The molecule has 0 aliphatic rings. The predicted octanol–water partition coefficient (Wildman–Crippen LogP) is 2.05. The van der Waals surface area contributed by atoms with Crippen LogP contribution in [-0.4, -0.2) is 21.9 Å². The smallest absolute Gasteiger partial charge is 0.303 e. The molecule has 8 heteroatoms. The summed E-state index contributed by atoms with van der Waals surface area (Å²) in [6.45, 7) is 0. The maximum absolute atomic E-state index is 11.3. The Kier molecular flexibility index (Phi) is 4.61. The highest BCUT2D eigenvalue weighted by molar-refractivity contribution is 6.31. The van der Waals surface area contributed by atoms with Crippen molar-refractivity contribution >= 4 is 34.9 Å². The Morgan fingerprint density at radius 3 is 2.61 bits per heavy atom. The highest BCUT2D eigenvalue weighted by Gasteiger charge is 2.16. The second-order valence-electron chi connectivity index (χ2n) is 3.36. The summed E-state index contributed by atoms with van der Waals surface area (Å²) in [6.07, 6.45) is -0.595. The molecule has 0 unspecified atom stereocenters. The second-order valence-corrected chi connectivity index (χ2v) is 3.80. The average Bonchev–Trinajstić information content (AvgIpc) is 2.28. The number of carboxylic acids is 1. The Bertz CT molecular complexity index is 503. The van der Waals surface area contributed by atoms with Crippen molar-refractivity contribution in [3.8, 4) is 0 Å². The van der Waals surface area contributed by atoms with Gasteiger partial charge in [0.15, 0.2) is 0 Å². The van der Waals surface area contributed by atoms with E-state index in [1.807, 2.05) is 0 Å². The number of carbonyl (C=O) groups excluding carboxylic acids is 1. The number of nitro groups is 1. The lowest BCUT2D eigenvalue weighted by Gasteiger charge is -2.05. The number of rotatable bonds is 5. The molecule has 7 nitrogen and oxygen atoms in total. The zero-order valence-corrected chi connectivity index (χ0v) is 9.81. The van der Waals surface area contributed by atoms with Crippen LogP contribution in [0, 0.1) is 10.1 Å². The molecule has 0 radical (unpaired) electrons. The number of hydrogen-bond donors (Lipinski definition) is 2. The molecule has 0 aliphatic heterocycles. The molecule has 0 heterocycles. The van der Waals surface area contributed by atoms with Crippen molar-refractivity contribution in [3.05, 3.63) is 33.3 Å². The van der Waals surface area contributed by atoms with Crippen molar-refractivity contribution in [2.75, 3.05) is 5.32 Å². The van der Waals surface area contributed by atoms with Crippen LogP contribution in [-0.2, 0) is 9.59 Å². The number of nitrogens with one attached hydrogen (secondary N) is 1. The third-order valence-electron chi connectivity index (χ3n) is 2.00. The highest BCUT2D eigenvalue weighted by Crippen LogP contribution is 2.27. The van der Waals surface area contributed by atoms with Gasteiger partial charge in [0.2, 0.25) is 5.91 Å². The molecule has 1 rings (SSSR count). The van der Waals surface area contributed by atoms with Crippen LogP contribution >= 0.6 is 11.6 Å². The van der Waals surface area contributed by atoms with Gasteiger partial charge in [-0.1, -0.05) is 11.6 Å². The molecule has 0 bridgehead atoms. The van der Waals surface area contributed by atoms with E-state index >= 15 is 0 Å². The van der Waals surface area contributed by atoms with Gasteiger partial charge in [-0.3, -0.25) is 19.7 Å². The minimum Gasteiger partial charge on any atom is -0.481 e. The zero-order chi connectivity index (χ0) is 13.7. The van der Waals surface area contributed by atoms with E-state index in [0.717, 1.165) is 6.07 Å². The van der Waals surface area contributed by atoms with Crippen LogP contribution in [0.5, 0.6) is 0 Å². The Hall–Kier alpha value is -2.15. The largest absolute Gasteiger partial charge is 0.481 e. The Balaban J connectivity index is 2.81. The predicted molar refractivity (Wildman–Crippen MR) is 63.6 cm³/mol. The second kappa shape index (κ2) is 5.97. The summed E-state index contributed by atoms with van der Waals surface area (Å²) < 4.78 is 0. The molecular weight excluding hydrogens is 264 g/mol. The van der Waals surface area contributed by atoms with E-state index in [0.29, 0.717) is 0 Å². The Labute approximate surface area is 107 Å². The summed E-state index contributed by atoms with van der Waals surface area (Å²) in [5.74, 6) is -1.72. The quantitative estimate of drug-likeness (QED) is 0.630. The number of aliphatic carboxylic acids is 1. The molecule has 18 heavy (non-hydrogen) atoms. The SMILES string of the molecule is O=C(O)CCC(=O)Nc1ccc(Cl)cc1[N+](=O)[O-]. The van der Waals surface area contributed by atoms with Gasteiger partial charge in [-0.15, -0.1) is 0 Å². The van der Waals surface area contributed by atoms with Gasteiger partial charge in [0.1, 0.15) is 5.69 Å². The molecule has 2 N–H and O–H groups in total. The van der Waals surface area contributed by atoms with E-state index in [4.69, 9.17) is 16.7 Å². The summed E-state index contributed by atoms with van der Waals surface area (Å²) in [7, 11) is 0. The van der Waals surface area contributed by atoms with Crippen molar-refractivity contribution in [1.82, 2.24) is 0 Å². The van der Waals surface area contributed by atoms with Gasteiger partial charge in [0, 0.05) is 17.5 Å². The van der Waals surface area contributed by atoms with E-state index in [-0.39, 0.29) is 29.2 Å². The lowest BCUT2D eigenvalue weighted by Crippen LogP contribution is -2.14.